The molecule has 0 atom stereocenters. The Morgan fingerprint density at radius 2 is 2.14 bits per heavy atom. The molecule has 29 heavy (non-hydrogen) atoms. The van der Waals surface area contributed by atoms with Crippen LogP contribution < -0.4 is 10.9 Å². The highest BCUT2D eigenvalue weighted by Gasteiger charge is 2.20. The van der Waals surface area contributed by atoms with Gasteiger partial charge in [-0.15, -0.1) is 10.2 Å². The van der Waals surface area contributed by atoms with E-state index in [0.717, 1.165) is 22.9 Å². The van der Waals surface area contributed by atoms with E-state index in [2.05, 4.69) is 30.6 Å². The highest BCUT2D eigenvalue weighted by molar-refractivity contribution is 8.01. The summed E-state index contributed by atoms with van der Waals surface area (Å²) in [5.41, 5.74) is 0.360. The van der Waals surface area contributed by atoms with Crippen molar-refractivity contribution in [2.75, 3.05) is 16.8 Å². The molecule has 1 saturated carbocycles. The van der Waals surface area contributed by atoms with Gasteiger partial charge in [0, 0.05) is 0 Å². The molecule has 3 aromatic heterocycles. The molecule has 1 amide bonds. The number of anilines is 1. The molecule has 0 aliphatic heterocycles. The first kappa shape index (κ1) is 20.4. The van der Waals surface area contributed by atoms with Gasteiger partial charge in [-0.3, -0.25) is 14.9 Å². The van der Waals surface area contributed by atoms with Crippen LogP contribution >= 0.6 is 34.9 Å². The van der Waals surface area contributed by atoms with E-state index in [0.29, 0.717) is 21.3 Å². The molecule has 0 spiro atoms. The van der Waals surface area contributed by atoms with Crippen LogP contribution in [-0.4, -0.2) is 47.4 Å². The molecule has 0 saturated heterocycles. The predicted octanol–water partition coefficient (Wildman–Crippen LogP) is 3.32. The van der Waals surface area contributed by atoms with Crippen molar-refractivity contribution < 1.29 is 4.79 Å². The Morgan fingerprint density at radius 1 is 1.31 bits per heavy atom. The van der Waals surface area contributed by atoms with Crippen molar-refractivity contribution in [3.63, 3.8) is 0 Å². The monoisotopic (exact) mass is 451 g/mol. The molecular weight excluding hydrogens is 430 g/mol. The van der Waals surface area contributed by atoms with E-state index < -0.39 is 0 Å². The first-order valence-electron chi connectivity index (χ1n) is 9.50. The van der Waals surface area contributed by atoms with Crippen molar-refractivity contribution >= 4 is 56.9 Å². The van der Waals surface area contributed by atoms with E-state index in [1.807, 2.05) is 11.6 Å². The van der Waals surface area contributed by atoms with E-state index >= 15 is 0 Å². The lowest BCUT2D eigenvalue weighted by Gasteiger charge is -2.22. The number of hydrogen-bond donors (Lipinski definition) is 2. The minimum Gasteiger partial charge on any atom is -0.301 e. The molecule has 154 valence electrons. The van der Waals surface area contributed by atoms with E-state index in [1.165, 1.54) is 42.4 Å². The molecule has 3 heterocycles. The van der Waals surface area contributed by atoms with Crippen LogP contribution in [0.4, 0.5) is 5.13 Å². The van der Waals surface area contributed by atoms with Crippen LogP contribution in [0.2, 0.25) is 0 Å². The molecular formula is C17H21N7O2S3. The third kappa shape index (κ3) is 4.81. The molecule has 3 aromatic rings. The second-order valence-corrected chi connectivity index (χ2v) is 10.1. The summed E-state index contributed by atoms with van der Waals surface area (Å²) in [7, 11) is 0. The quantitative estimate of drug-likeness (QED) is 0.319. The average Bonchev–Trinajstić information content (AvgIpc) is 3.34. The average molecular weight is 452 g/mol. The van der Waals surface area contributed by atoms with Crippen molar-refractivity contribution in [3.8, 4) is 0 Å². The summed E-state index contributed by atoms with van der Waals surface area (Å²) >= 11 is 4.11. The van der Waals surface area contributed by atoms with Crippen LogP contribution in [0.1, 0.15) is 45.1 Å². The molecule has 0 bridgehead atoms. The number of rotatable bonds is 7. The SMILES string of the molecule is CCSc1nnc(NC(=O)CSc2nc3c(cnn3C3CCCCC3)c(=O)[nH]2)s1. The van der Waals surface area contributed by atoms with Crippen LogP contribution in [-0.2, 0) is 4.79 Å². The third-order valence-electron chi connectivity index (χ3n) is 4.62. The highest BCUT2D eigenvalue weighted by Crippen LogP contribution is 2.30. The van der Waals surface area contributed by atoms with Gasteiger partial charge in [0.2, 0.25) is 11.0 Å². The Kier molecular flexibility index (Phi) is 6.50. The molecule has 2 N–H and O–H groups in total. The largest absolute Gasteiger partial charge is 0.301 e. The molecule has 1 fully saturated rings. The molecule has 0 radical (unpaired) electrons. The maximum Gasteiger partial charge on any atom is 0.262 e. The van der Waals surface area contributed by atoms with E-state index in [-0.39, 0.29) is 23.3 Å². The number of amides is 1. The van der Waals surface area contributed by atoms with Crippen molar-refractivity contribution in [2.45, 2.75) is 54.6 Å². The summed E-state index contributed by atoms with van der Waals surface area (Å²) in [4.78, 5) is 32.0. The fourth-order valence-corrected chi connectivity index (χ4v) is 5.63. The topological polar surface area (TPSA) is 118 Å². The standard InChI is InChI=1S/C17H21N7O2S3/c1-2-27-17-23-22-16(29-17)19-12(25)9-28-15-20-13-11(14(26)21-15)8-18-24(13)10-6-4-3-5-7-10/h8,10H,2-7,9H2,1H3,(H,19,22,25)(H,20,21,26). The van der Waals surface area contributed by atoms with Gasteiger partial charge in [0.1, 0.15) is 5.39 Å². The van der Waals surface area contributed by atoms with E-state index in [9.17, 15) is 9.59 Å². The first-order chi connectivity index (χ1) is 14.1. The zero-order valence-electron chi connectivity index (χ0n) is 15.9. The van der Waals surface area contributed by atoms with E-state index in [4.69, 9.17) is 0 Å². The van der Waals surface area contributed by atoms with Crippen molar-refractivity contribution in [1.29, 1.82) is 0 Å². The Bertz CT molecular complexity index is 1050. The molecule has 0 unspecified atom stereocenters. The molecule has 4 rings (SSSR count). The minimum absolute atomic E-state index is 0.113. The van der Waals surface area contributed by atoms with Gasteiger partial charge in [-0.25, -0.2) is 9.67 Å². The maximum atomic E-state index is 12.4. The Labute approximate surface area is 179 Å². The van der Waals surface area contributed by atoms with Crippen molar-refractivity contribution in [3.05, 3.63) is 16.6 Å². The number of H-pyrrole nitrogens is 1. The van der Waals surface area contributed by atoms with Crippen LogP contribution in [0, 0.1) is 0 Å². The number of nitrogens with zero attached hydrogens (tertiary/aromatic N) is 5. The number of fused-ring (bicyclic) bond motifs is 1. The van der Waals surface area contributed by atoms with Gasteiger partial charge in [0.05, 0.1) is 18.0 Å². The van der Waals surface area contributed by atoms with Crippen molar-refractivity contribution in [2.24, 2.45) is 0 Å². The predicted molar refractivity (Wildman–Crippen MR) is 116 cm³/mol. The Balaban J connectivity index is 1.44. The molecule has 1 aliphatic rings. The summed E-state index contributed by atoms with van der Waals surface area (Å²) in [5.74, 6) is 0.793. The van der Waals surface area contributed by atoms with Gasteiger partial charge >= 0.3 is 0 Å². The van der Waals surface area contributed by atoms with Gasteiger partial charge in [0.15, 0.2) is 15.1 Å². The van der Waals surface area contributed by atoms with Gasteiger partial charge in [-0.1, -0.05) is 61.0 Å². The Hall–Kier alpha value is -1.92. The zero-order chi connectivity index (χ0) is 20.2. The highest BCUT2D eigenvalue weighted by atomic mass is 32.2. The number of aromatic nitrogens is 6. The van der Waals surface area contributed by atoms with Crippen LogP contribution in [0.15, 0.2) is 20.5 Å². The number of thioether (sulfide) groups is 2. The van der Waals surface area contributed by atoms with Crippen LogP contribution in [0.5, 0.6) is 0 Å². The fourth-order valence-electron chi connectivity index (χ4n) is 3.31. The number of hydrogen-bond acceptors (Lipinski definition) is 9. The fraction of sp³-hybridized carbons (Fsp3) is 0.529. The lowest BCUT2D eigenvalue weighted by molar-refractivity contribution is -0.113. The number of carbonyl (C=O) groups excluding carboxylic acids is 1. The number of aromatic amines is 1. The second kappa shape index (κ2) is 9.26. The van der Waals surface area contributed by atoms with Gasteiger partial charge in [-0.2, -0.15) is 5.10 Å². The summed E-state index contributed by atoms with van der Waals surface area (Å²) in [5, 5.41) is 16.5. The summed E-state index contributed by atoms with van der Waals surface area (Å²) in [6.45, 7) is 2.03. The smallest absolute Gasteiger partial charge is 0.262 e. The van der Waals surface area contributed by atoms with E-state index in [1.54, 1.807) is 18.0 Å². The zero-order valence-corrected chi connectivity index (χ0v) is 18.3. The number of carbonyl (C=O) groups is 1. The van der Waals surface area contributed by atoms with Gasteiger partial charge < -0.3 is 4.98 Å². The number of nitrogens with one attached hydrogen (secondary N) is 2. The lowest BCUT2D eigenvalue weighted by atomic mass is 9.96. The van der Waals surface area contributed by atoms with Gasteiger partial charge in [-0.05, 0) is 18.6 Å². The summed E-state index contributed by atoms with van der Waals surface area (Å²) < 4.78 is 2.70. The van der Waals surface area contributed by atoms with Crippen LogP contribution in [0.3, 0.4) is 0 Å². The maximum absolute atomic E-state index is 12.4. The molecule has 0 aromatic carbocycles. The van der Waals surface area contributed by atoms with Crippen LogP contribution in [0.25, 0.3) is 11.0 Å². The third-order valence-corrected chi connectivity index (χ3v) is 7.35. The second-order valence-electron chi connectivity index (χ2n) is 6.63. The lowest BCUT2D eigenvalue weighted by Crippen LogP contribution is -2.17. The minimum atomic E-state index is -0.231. The molecule has 12 heteroatoms. The van der Waals surface area contributed by atoms with Crippen molar-refractivity contribution in [1.82, 2.24) is 29.9 Å². The normalized spacial score (nSPS) is 15.1. The van der Waals surface area contributed by atoms with Gasteiger partial charge in [0.25, 0.3) is 5.56 Å². The summed E-state index contributed by atoms with van der Waals surface area (Å²) in [6.07, 6.45) is 7.26. The summed E-state index contributed by atoms with van der Waals surface area (Å²) in [6, 6.07) is 0.282. The Morgan fingerprint density at radius 3 is 2.93 bits per heavy atom. The molecule has 1 aliphatic carbocycles. The molecule has 9 nitrogen and oxygen atoms in total. The first-order valence-corrected chi connectivity index (χ1v) is 12.3.